The number of amides is 1. The second-order valence-corrected chi connectivity index (χ2v) is 5.69. The third kappa shape index (κ3) is 3.40. The van der Waals surface area contributed by atoms with Crippen molar-refractivity contribution >= 4 is 11.9 Å². The molecule has 7 nitrogen and oxygen atoms in total. The molecule has 1 heterocycles. The third-order valence-corrected chi connectivity index (χ3v) is 3.97. The number of carbonyl (C=O) groups excluding carboxylic acids is 2. The molecular formula is C17H19N3O4. The van der Waals surface area contributed by atoms with Crippen LogP contribution in [0.25, 0.3) is 0 Å². The summed E-state index contributed by atoms with van der Waals surface area (Å²) in [7, 11) is 2.80. The minimum Gasteiger partial charge on any atom is -0.496 e. The zero-order valence-corrected chi connectivity index (χ0v) is 13.6. The minimum atomic E-state index is -0.485. The number of esters is 1. The quantitative estimate of drug-likeness (QED) is 0.791. The van der Waals surface area contributed by atoms with E-state index in [9.17, 15) is 9.59 Å². The molecule has 2 N–H and O–H groups in total. The molecule has 0 unspecified atom stereocenters. The van der Waals surface area contributed by atoms with Gasteiger partial charge in [-0.1, -0.05) is 6.07 Å². The van der Waals surface area contributed by atoms with Crippen molar-refractivity contribution in [2.75, 3.05) is 14.2 Å². The number of ether oxygens (including phenoxy) is 2. The first kappa shape index (κ1) is 16.0. The van der Waals surface area contributed by atoms with E-state index >= 15 is 0 Å². The van der Waals surface area contributed by atoms with E-state index in [2.05, 4.69) is 15.5 Å². The molecule has 0 spiro atoms. The van der Waals surface area contributed by atoms with Gasteiger partial charge in [0.2, 0.25) is 0 Å². The van der Waals surface area contributed by atoms with Crippen LogP contribution in [0.3, 0.4) is 0 Å². The maximum atomic E-state index is 12.2. The summed E-state index contributed by atoms with van der Waals surface area (Å²) >= 11 is 0. The zero-order valence-electron chi connectivity index (χ0n) is 13.6. The number of rotatable bonds is 6. The Kier molecular flexibility index (Phi) is 4.50. The molecule has 0 bridgehead atoms. The van der Waals surface area contributed by atoms with Crippen molar-refractivity contribution in [1.29, 1.82) is 0 Å². The number of benzene rings is 1. The summed E-state index contributed by atoms with van der Waals surface area (Å²) in [5, 5.41) is 9.75. The molecule has 0 atom stereocenters. The van der Waals surface area contributed by atoms with Crippen LogP contribution in [0.5, 0.6) is 5.75 Å². The molecule has 1 aliphatic carbocycles. The highest BCUT2D eigenvalue weighted by molar-refractivity contribution is 5.93. The lowest BCUT2D eigenvalue weighted by Crippen LogP contribution is -2.23. The van der Waals surface area contributed by atoms with Gasteiger partial charge in [-0.15, -0.1) is 0 Å². The molecule has 1 amide bonds. The average molecular weight is 329 g/mol. The third-order valence-electron chi connectivity index (χ3n) is 3.97. The van der Waals surface area contributed by atoms with E-state index in [1.54, 1.807) is 24.3 Å². The Morgan fingerprint density at radius 1 is 1.29 bits per heavy atom. The van der Waals surface area contributed by atoms with Crippen molar-refractivity contribution in [3.63, 3.8) is 0 Å². The number of nitrogens with zero attached hydrogens (tertiary/aromatic N) is 1. The summed E-state index contributed by atoms with van der Waals surface area (Å²) in [6.45, 7) is 0.276. The van der Waals surface area contributed by atoms with Crippen LogP contribution in [0.1, 0.15) is 50.9 Å². The molecule has 1 saturated carbocycles. The molecular weight excluding hydrogens is 310 g/mol. The second-order valence-electron chi connectivity index (χ2n) is 5.69. The van der Waals surface area contributed by atoms with Gasteiger partial charge in [0.1, 0.15) is 17.0 Å². The molecule has 1 aliphatic rings. The van der Waals surface area contributed by atoms with Crippen molar-refractivity contribution in [3.05, 3.63) is 46.8 Å². The number of nitrogens with one attached hydrogen (secondary N) is 2. The molecule has 1 aromatic heterocycles. The maximum absolute atomic E-state index is 12.2. The lowest BCUT2D eigenvalue weighted by Gasteiger charge is -2.09. The highest BCUT2D eigenvalue weighted by atomic mass is 16.5. The van der Waals surface area contributed by atoms with Crippen LogP contribution < -0.4 is 10.1 Å². The van der Waals surface area contributed by atoms with Crippen LogP contribution in [0.2, 0.25) is 0 Å². The predicted molar refractivity (Wildman–Crippen MR) is 86.1 cm³/mol. The molecule has 3 rings (SSSR count). The van der Waals surface area contributed by atoms with Gasteiger partial charge >= 0.3 is 5.97 Å². The highest BCUT2D eigenvalue weighted by Gasteiger charge is 2.26. The minimum absolute atomic E-state index is 0.256. The van der Waals surface area contributed by atoms with Crippen LogP contribution in [0, 0.1) is 0 Å². The normalized spacial score (nSPS) is 13.4. The van der Waals surface area contributed by atoms with Gasteiger partial charge < -0.3 is 14.8 Å². The Bertz CT molecular complexity index is 765. The van der Waals surface area contributed by atoms with E-state index in [0.717, 1.165) is 24.1 Å². The number of aromatic nitrogens is 2. The summed E-state index contributed by atoms with van der Waals surface area (Å²) in [4.78, 5) is 23.9. The molecule has 0 aliphatic heterocycles. The van der Waals surface area contributed by atoms with E-state index in [1.807, 2.05) is 0 Å². The van der Waals surface area contributed by atoms with E-state index in [4.69, 9.17) is 9.47 Å². The van der Waals surface area contributed by atoms with E-state index in [0.29, 0.717) is 22.9 Å². The van der Waals surface area contributed by atoms with Crippen molar-refractivity contribution in [1.82, 2.24) is 15.5 Å². The van der Waals surface area contributed by atoms with E-state index in [-0.39, 0.29) is 12.5 Å². The lowest BCUT2D eigenvalue weighted by molar-refractivity contribution is 0.0597. The average Bonchev–Trinajstić information content (AvgIpc) is 3.35. The fraction of sp³-hybridized carbons (Fsp3) is 0.353. The van der Waals surface area contributed by atoms with Crippen molar-refractivity contribution < 1.29 is 19.1 Å². The predicted octanol–water partition coefficient (Wildman–Crippen LogP) is 2.01. The van der Waals surface area contributed by atoms with Crippen molar-refractivity contribution in [2.24, 2.45) is 0 Å². The fourth-order valence-electron chi connectivity index (χ4n) is 2.46. The van der Waals surface area contributed by atoms with Crippen molar-refractivity contribution in [2.45, 2.75) is 25.3 Å². The number of aromatic amines is 1. The summed E-state index contributed by atoms with van der Waals surface area (Å²) in [6, 6.07) is 6.89. The second kappa shape index (κ2) is 6.74. The first-order chi connectivity index (χ1) is 11.6. The molecule has 0 radical (unpaired) electrons. The van der Waals surface area contributed by atoms with Crippen LogP contribution in [0.15, 0.2) is 24.3 Å². The van der Waals surface area contributed by atoms with Gasteiger partial charge in [-0.25, -0.2) is 4.79 Å². The summed E-state index contributed by atoms with van der Waals surface area (Å²) < 4.78 is 9.89. The van der Waals surface area contributed by atoms with Crippen LogP contribution in [-0.4, -0.2) is 36.3 Å². The Morgan fingerprint density at radius 2 is 2.08 bits per heavy atom. The summed E-state index contributed by atoms with van der Waals surface area (Å²) in [5.41, 5.74) is 2.47. The van der Waals surface area contributed by atoms with Gasteiger partial charge in [0, 0.05) is 18.2 Å². The Hall–Kier alpha value is -2.83. The first-order valence-electron chi connectivity index (χ1n) is 7.71. The largest absolute Gasteiger partial charge is 0.496 e. The number of methoxy groups -OCH3 is 2. The van der Waals surface area contributed by atoms with Gasteiger partial charge in [-0.2, -0.15) is 5.10 Å². The van der Waals surface area contributed by atoms with Crippen LogP contribution in [0.4, 0.5) is 0 Å². The van der Waals surface area contributed by atoms with Gasteiger partial charge in [-0.3, -0.25) is 9.89 Å². The number of hydrogen-bond donors (Lipinski definition) is 2. The van der Waals surface area contributed by atoms with Gasteiger partial charge in [-0.05, 0) is 36.6 Å². The van der Waals surface area contributed by atoms with E-state index < -0.39 is 5.97 Å². The standard InChI is InChI=1S/C17H19N3O4/c1-23-15-6-3-10(7-12(15)17(22)24-2)9-18-16(21)14-8-13(19-20-14)11-4-5-11/h3,6-8,11H,4-5,9H2,1-2H3,(H,18,21)(H,19,20). The highest BCUT2D eigenvalue weighted by Crippen LogP contribution is 2.38. The molecule has 1 aromatic carbocycles. The molecule has 1 fully saturated rings. The summed E-state index contributed by atoms with van der Waals surface area (Å²) in [6.07, 6.45) is 2.29. The Morgan fingerprint density at radius 3 is 2.75 bits per heavy atom. The Labute approximate surface area is 139 Å². The number of H-pyrrole nitrogens is 1. The number of hydrogen-bond acceptors (Lipinski definition) is 5. The molecule has 7 heteroatoms. The smallest absolute Gasteiger partial charge is 0.341 e. The topological polar surface area (TPSA) is 93.3 Å². The maximum Gasteiger partial charge on any atom is 0.341 e. The zero-order chi connectivity index (χ0) is 17.1. The molecule has 24 heavy (non-hydrogen) atoms. The van der Waals surface area contributed by atoms with E-state index in [1.165, 1.54) is 14.2 Å². The monoisotopic (exact) mass is 329 g/mol. The van der Waals surface area contributed by atoms with Crippen molar-refractivity contribution in [3.8, 4) is 5.75 Å². The lowest BCUT2D eigenvalue weighted by atomic mass is 10.1. The molecule has 2 aromatic rings. The molecule has 126 valence electrons. The SMILES string of the molecule is COC(=O)c1cc(CNC(=O)c2cc(C3CC3)[nH]n2)ccc1OC. The first-order valence-corrected chi connectivity index (χ1v) is 7.71. The van der Waals surface area contributed by atoms with Crippen LogP contribution in [-0.2, 0) is 11.3 Å². The van der Waals surface area contributed by atoms with Gasteiger partial charge in [0.15, 0.2) is 0 Å². The number of carbonyl (C=O) groups is 2. The van der Waals surface area contributed by atoms with Gasteiger partial charge in [0.05, 0.1) is 14.2 Å². The Balaban J connectivity index is 1.66. The fourth-order valence-corrected chi connectivity index (χ4v) is 2.46. The molecule has 0 saturated heterocycles. The summed E-state index contributed by atoms with van der Waals surface area (Å²) in [5.74, 6) is 0.205. The van der Waals surface area contributed by atoms with Crippen LogP contribution >= 0.6 is 0 Å². The van der Waals surface area contributed by atoms with Gasteiger partial charge in [0.25, 0.3) is 5.91 Å².